The van der Waals surface area contributed by atoms with E-state index in [1.807, 2.05) is 24.3 Å². The zero-order valence-corrected chi connectivity index (χ0v) is 13.0. The van der Waals surface area contributed by atoms with Gasteiger partial charge < -0.3 is 14.6 Å². The van der Waals surface area contributed by atoms with Gasteiger partial charge in [-0.2, -0.15) is 0 Å². The molecule has 8 nitrogen and oxygen atoms in total. The first-order valence-electron chi connectivity index (χ1n) is 7.50. The molecule has 0 aliphatic heterocycles. The van der Waals surface area contributed by atoms with E-state index in [2.05, 4.69) is 22.4 Å². The highest BCUT2D eigenvalue weighted by atomic mass is 16.5. The molecule has 2 rings (SSSR count). The van der Waals surface area contributed by atoms with Crippen LogP contribution in [0.15, 0.2) is 24.3 Å². The number of hydrogen-bond acceptors (Lipinski definition) is 7. The molecule has 0 amide bonds. The third-order valence-corrected chi connectivity index (χ3v) is 3.04. The summed E-state index contributed by atoms with van der Waals surface area (Å²) in [4.78, 5) is 11.6. The maximum atomic E-state index is 11.6. The molecule has 1 aromatic carbocycles. The van der Waals surface area contributed by atoms with Gasteiger partial charge in [-0.15, -0.1) is 5.10 Å². The van der Waals surface area contributed by atoms with Gasteiger partial charge in [-0.1, -0.05) is 13.3 Å². The number of nitrogens with zero attached hydrogens (tertiary/aromatic N) is 4. The predicted octanol–water partition coefficient (Wildman–Crippen LogP) is 1.05. The van der Waals surface area contributed by atoms with Gasteiger partial charge in [-0.25, -0.2) is 4.68 Å². The smallest absolute Gasteiger partial charge is 0.328 e. The first-order chi connectivity index (χ1) is 11.2. The number of aromatic nitrogens is 4. The van der Waals surface area contributed by atoms with Gasteiger partial charge >= 0.3 is 5.97 Å². The van der Waals surface area contributed by atoms with Gasteiger partial charge in [0.2, 0.25) is 0 Å². The number of unbranched alkanes of at least 4 members (excludes halogenated alkanes) is 1. The second-order valence-electron chi connectivity index (χ2n) is 4.83. The van der Waals surface area contributed by atoms with E-state index >= 15 is 0 Å². The van der Waals surface area contributed by atoms with Crippen LogP contribution in [0.3, 0.4) is 0 Å². The number of benzene rings is 1. The normalized spacial score (nSPS) is 10.5. The van der Waals surface area contributed by atoms with Crippen molar-refractivity contribution < 1.29 is 19.4 Å². The van der Waals surface area contributed by atoms with Crippen molar-refractivity contribution in [2.45, 2.75) is 26.3 Å². The average molecular weight is 320 g/mol. The minimum atomic E-state index is -0.507. The first kappa shape index (κ1) is 16.9. The van der Waals surface area contributed by atoms with Gasteiger partial charge in [0.15, 0.2) is 5.82 Å². The molecule has 124 valence electrons. The lowest BCUT2D eigenvalue weighted by molar-refractivity contribution is -0.145. The van der Waals surface area contributed by atoms with Crippen LogP contribution in [-0.4, -0.2) is 51.1 Å². The lowest BCUT2D eigenvalue weighted by Crippen LogP contribution is -2.17. The molecule has 0 atom stereocenters. The Kier molecular flexibility index (Phi) is 6.49. The van der Waals surface area contributed by atoms with Gasteiger partial charge in [0.1, 0.15) is 18.9 Å². The number of carbonyl (C=O) groups excluding carboxylic acids is 1. The molecule has 0 radical (unpaired) electrons. The highest BCUT2D eigenvalue weighted by Crippen LogP contribution is 2.20. The van der Waals surface area contributed by atoms with E-state index < -0.39 is 5.97 Å². The Morgan fingerprint density at radius 3 is 2.74 bits per heavy atom. The van der Waals surface area contributed by atoms with Crippen molar-refractivity contribution in [3.8, 4) is 17.1 Å². The minimum Gasteiger partial charge on any atom is -0.494 e. The minimum absolute atomic E-state index is 0.0416. The lowest BCUT2D eigenvalue weighted by atomic mass is 10.2. The number of ether oxygens (including phenoxy) is 2. The summed E-state index contributed by atoms with van der Waals surface area (Å²) in [6, 6.07) is 7.35. The number of esters is 1. The Morgan fingerprint density at radius 1 is 1.26 bits per heavy atom. The van der Waals surface area contributed by atoms with E-state index in [-0.39, 0.29) is 19.8 Å². The monoisotopic (exact) mass is 320 g/mol. The molecule has 1 heterocycles. The van der Waals surface area contributed by atoms with Crippen molar-refractivity contribution in [2.75, 3.05) is 19.8 Å². The Hall–Kier alpha value is -2.48. The zero-order valence-electron chi connectivity index (χ0n) is 13.0. The topological polar surface area (TPSA) is 99.4 Å². The highest BCUT2D eigenvalue weighted by Gasteiger charge is 2.13. The molecule has 8 heteroatoms. The molecule has 0 aliphatic carbocycles. The van der Waals surface area contributed by atoms with Crippen molar-refractivity contribution in [1.29, 1.82) is 0 Å². The molecule has 0 bridgehead atoms. The second-order valence-corrected chi connectivity index (χ2v) is 4.83. The summed E-state index contributed by atoms with van der Waals surface area (Å²) in [6.45, 7) is 2.42. The second kappa shape index (κ2) is 8.84. The number of carbonyl (C=O) groups is 1. The summed E-state index contributed by atoms with van der Waals surface area (Å²) in [5.41, 5.74) is 0.771. The summed E-state index contributed by atoms with van der Waals surface area (Å²) in [5, 5.41) is 19.9. The molecule has 2 aromatic rings. The largest absolute Gasteiger partial charge is 0.494 e. The highest BCUT2D eigenvalue weighted by molar-refractivity contribution is 5.70. The number of hydrogen-bond donors (Lipinski definition) is 1. The molecular weight excluding hydrogens is 300 g/mol. The van der Waals surface area contributed by atoms with E-state index in [9.17, 15) is 4.79 Å². The van der Waals surface area contributed by atoms with Crippen LogP contribution in [0, 0.1) is 0 Å². The maximum Gasteiger partial charge on any atom is 0.328 e. The first-order valence-corrected chi connectivity index (χ1v) is 7.50. The molecule has 0 unspecified atom stereocenters. The average Bonchev–Trinajstić information content (AvgIpc) is 3.02. The third kappa shape index (κ3) is 5.03. The summed E-state index contributed by atoms with van der Waals surface area (Å²) >= 11 is 0. The SMILES string of the molecule is CCCCOc1ccc(-c2nnnn2CC(=O)OCCO)cc1. The van der Waals surface area contributed by atoms with Gasteiger partial charge in [-0.05, 0) is 41.1 Å². The summed E-state index contributed by atoms with van der Waals surface area (Å²) in [7, 11) is 0. The Bertz CT molecular complexity index is 612. The van der Waals surface area contributed by atoms with Crippen LogP contribution in [0.5, 0.6) is 5.75 Å². The zero-order chi connectivity index (χ0) is 16.5. The molecule has 0 aliphatic rings. The number of aliphatic hydroxyl groups is 1. The van der Waals surface area contributed by atoms with E-state index in [1.165, 1.54) is 4.68 Å². The molecule has 0 spiro atoms. The van der Waals surface area contributed by atoms with Crippen molar-refractivity contribution in [3.63, 3.8) is 0 Å². The molecule has 0 saturated heterocycles. The Morgan fingerprint density at radius 2 is 2.04 bits per heavy atom. The van der Waals surface area contributed by atoms with Crippen molar-refractivity contribution in [3.05, 3.63) is 24.3 Å². The van der Waals surface area contributed by atoms with Crippen LogP contribution in [0.25, 0.3) is 11.4 Å². The molecule has 0 saturated carbocycles. The number of rotatable bonds is 9. The fraction of sp³-hybridized carbons (Fsp3) is 0.467. The van der Waals surface area contributed by atoms with Crippen LogP contribution in [0.2, 0.25) is 0 Å². The standard InChI is InChI=1S/C15H20N4O4/c1-2-3-9-22-13-6-4-12(5-7-13)15-16-17-18-19(15)11-14(21)23-10-8-20/h4-7,20H,2-3,8-11H2,1H3. The fourth-order valence-corrected chi connectivity index (χ4v) is 1.88. The lowest BCUT2D eigenvalue weighted by Gasteiger charge is -2.07. The van der Waals surface area contributed by atoms with Gasteiger partial charge in [0.05, 0.1) is 13.2 Å². The molecule has 23 heavy (non-hydrogen) atoms. The third-order valence-electron chi connectivity index (χ3n) is 3.04. The van der Waals surface area contributed by atoms with Crippen LogP contribution in [-0.2, 0) is 16.1 Å². The Balaban J connectivity index is 2.02. The summed E-state index contributed by atoms with van der Waals surface area (Å²) < 4.78 is 11.8. The maximum absolute atomic E-state index is 11.6. The number of tetrazole rings is 1. The summed E-state index contributed by atoms with van der Waals surface area (Å²) in [5.74, 6) is 0.738. The van der Waals surface area contributed by atoms with Crippen molar-refractivity contribution in [2.24, 2.45) is 0 Å². The molecule has 0 fully saturated rings. The fourth-order valence-electron chi connectivity index (χ4n) is 1.88. The molecule has 1 aromatic heterocycles. The number of aliphatic hydroxyl groups excluding tert-OH is 1. The van der Waals surface area contributed by atoms with E-state index in [1.54, 1.807) is 0 Å². The van der Waals surface area contributed by atoms with E-state index in [0.29, 0.717) is 12.4 Å². The molecule has 1 N–H and O–H groups in total. The summed E-state index contributed by atoms with van der Waals surface area (Å²) in [6.07, 6.45) is 2.09. The Labute approximate surface area is 134 Å². The van der Waals surface area contributed by atoms with Crippen molar-refractivity contribution >= 4 is 5.97 Å². The quantitative estimate of drug-likeness (QED) is 0.544. The van der Waals surface area contributed by atoms with Gasteiger partial charge in [-0.3, -0.25) is 4.79 Å². The van der Waals surface area contributed by atoms with E-state index in [4.69, 9.17) is 14.6 Å². The van der Waals surface area contributed by atoms with Gasteiger partial charge in [0, 0.05) is 5.56 Å². The van der Waals surface area contributed by atoms with Crippen LogP contribution >= 0.6 is 0 Å². The van der Waals surface area contributed by atoms with Crippen LogP contribution < -0.4 is 4.74 Å². The molecular formula is C15H20N4O4. The van der Waals surface area contributed by atoms with E-state index in [0.717, 1.165) is 24.2 Å². The van der Waals surface area contributed by atoms with Gasteiger partial charge in [0.25, 0.3) is 0 Å². The van der Waals surface area contributed by atoms with Crippen LogP contribution in [0.1, 0.15) is 19.8 Å². The van der Waals surface area contributed by atoms with Crippen LogP contribution in [0.4, 0.5) is 0 Å². The van der Waals surface area contributed by atoms with Crippen molar-refractivity contribution in [1.82, 2.24) is 20.2 Å². The predicted molar refractivity (Wildman–Crippen MR) is 81.7 cm³/mol.